The van der Waals surface area contributed by atoms with Crippen LogP contribution in [0.1, 0.15) is 5.69 Å². The summed E-state index contributed by atoms with van der Waals surface area (Å²) >= 11 is 9.43. The summed E-state index contributed by atoms with van der Waals surface area (Å²) in [6, 6.07) is 11.6. The van der Waals surface area contributed by atoms with Crippen molar-refractivity contribution in [3.63, 3.8) is 0 Å². The number of pyridine rings is 1. The van der Waals surface area contributed by atoms with Gasteiger partial charge in [-0.2, -0.15) is 0 Å². The molecule has 0 saturated heterocycles. The van der Waals surface area contributed by atoms with E-state index in [1.54, 1.807) is 35.2 Å². The molecule has 2 heterocycles. The third-order valence-corrected chi connectivity index (χ3v) is 5.21. The molecule has 102 valence electrons. The number of fused-ring (bicyclic) bond motifs is 1. The summed E-state index contributed by atoms with van der Waals surface area (Å²) in [6.07, 6.45) is 0. The third-order valence-electron chi connectivity index (χ3n) is 2.67. The predicted octanol–water partition coefficient (Wildman–Crippen LogP) is 3.92. The van der Waals surface area contributed by atoms with Gasteiger partial charge in [0.2, 0.25) is 0 Å². The topological polar surface area (TPSA) is 63.8 Å². The van der Waals surface area contributed by atoms with E-state index in [0.717, 1.165) is 15.6 Å². The van der Waals surface area contributed by atoms with E-state index in [4.69, 9.17) is 17.4 Å². The van der Waals surface area contributed by atoms with Crippen LogP contribution in [-0.4, -0.2) is 9.97 Å². The van der Waals surface area contributed by atoms with Crippen LogP contribution in [0.2, 0.25) is 5.02 Å². The van der Waals surface area contributed by atoms with E-state index in [2.05, 4.69) is 21.5 Å². The standard InChI is InChI=1S/C13H11ClN4S2/c14-8-5-6-12(18-15)16-10(8)7-19-13-17-9-3-1-2-4-11(9)20-13/h1-6H,7,15H2,(H,16,18). The first-order chi connectivity index (χ1) is 9.76. The van der Waals surface area contributed by atoms with Crippen molar-refractivity contribution in [1.82, 2.24) is 9.97 Å². The third kappa shape index (κ3) is 2.88. The first-order valence-electron chi connectivity index (χ1n) is 5.86. The summed E-state index contributed by atoms with van der Waals surface area (Å²) in [6.45, 7) is 0. The molecule has 0 bridgehead atoms. The molecule has 4 nitrogen and oxygen atoms in total. The number of nitrogen functional groups attached to an aromatic ring is 1. The number of thioether (sulfide) groups is 1. The highest BCUT2D eigenvalue weighted by Gasteiger charge is 2.08. The van der Waals surface area contributed by atoms with Gasteiger partial charge in [-0.15, -0.1) is 11.3 Å². The van der Waals surface area contributed by atoms with Gasteiger partial charge in [-0.25, -0.2) is 15.8 Å². The molecule has 0 radical (unpaired) electrons. The molecule has 0 atom stereocenters. The largest absolute Gasteiger partial charge is 0.308 e. The van der Waals surface area contributed by atoms with Crippen LogP contribution in [0.4, 0.5) is 5.82 Å². The molecule has 0 amide bonds. The van der Waals surface area contributed by atoms with Gasteiger partial charge >= 0.3 is 0 Å². The maximum atomic E-state index is 6.14. The monoisotopic (exact) mass is 322 g/mol. The molecule has 2 aromatic heterocycles. The molecule has 0 aliphatic heterocycles. The molecule has 3 aromatic rings. The van der Waals surface area contributed by atoms with E-state index >= 15 is 0 Å². The van der Waals surface area contributed by atoms with Crippen LogP contribution >= 0.6 is 34.7 Å². The van der Waals surface area contributed by atoms with Crippen LogP contribution in [0, 0.1) is 0 Å². The summed E-state index contributed by atoms with van der Waals surface area (Å²) in [7, 11) is 0. The number of nitrogens with zero attached hydrogens (tertiary/aromatic N) is 2. The van der Waals surface area contributed by atoms with E-state index in [1.807, 2.05) is 18.2 Å². The lowest BCUT2D eigenvalue weighted by molar-refractivity contribution is 1.14. The van der Waals surface area contributed by atoms with Gasteiger partial charge in [0.1, 0.15) is 5.82 Å². The summed E-state index contributed by atoms with van der Waals surface area (Å²) < 4.78 is 2.20. The van der Waals surface area contributed by atoms with Crippen LogP contribution in [0.25, 0.3) is 10.2 Å². The van der Waals surface area contributed by atoms with E-state index in [1.165, 1.54) is 4.70 Å². The van der Waals surface area contributed by atoms with Crippen molar-refractivity contribution in [3.8, 4) is 0 Å². The molecular weight excluding hydrogens is 312 g/mol. The Bertz CT molecular complexity index is 711. The number of hydrogen-bond acceptors (Lipinski definition) is 6. The number of anilines is 1. The molecule has 3 N–H and O–H groups in total. The molecule has 1 aromatic carbocycles. The number of aromatic nitrogens is 2. The first kappa shape index (κ1) is 13.6. The van der Waals surface area contributed by atoms with Crippen LogP contribution < -0.4 is 11.3 Å². The van der Waals surface area contributed by atoms with Crippen LogP contribution in [0.3, 0.4) is 0 Å². The minimum Gasteiger partial charge on any atom is -0.308 e. The molecular formula is C13H11ClN4S2. The number of hydrazine groups is 1. The Morgan fingerprint density at radius 2 is 2.05 bits per heavy atom. The van der Waals surface area contributed by atoms with Crippen molar-refractivity contribution >= 4 is 50.7 Å². The average Bonchev–Trinajstić information content (AvgIpc) is 2.89. The summed E-state index contributed by atoms with van der Waals surface area (Å²) in [5.74, 6) is 6.62. The SMILES string of the molecule is NNc1ccc(Cl)c(CSc2nc3ccccc3s2)n1. The number of rotatable bonds is 4. The Kier molecular flexibility index (Phi) is 4.07. The Balaban J connectivity index is 1.79. The highest BCUT2D eigenvalue weighted by atomic mass is 35.5. The zero-order valence-corrected chi connectivity index (χ0v) is 12.7. The molecule has 0 saturated carbocycles. The Hall–Kier alpha value is -1.34. The maximum absolute atomic E-state index is 6.14. The molecule has 7 heteroatoms. The lowest BCUT2D eigenvalue weighted by Crippen LogP contribution is -2.09. The van der Waals surface area contributed by atoms with Crippen molar-refractivity contribution in [2.24, 2.45) is 5.84 Å². The van der Waals surface area contributed by atoms with Crippen LogP contribution in [-0.2, 0) is 5.75 Å². The second kappa shape index (κ2) is 5.97. The second-order valence-corrected chi connectivity index (χ2v) is 6.67. The number of benzene rings is 1. The Labute approximate surface area is 129 Å². The van der Waals surface area contributed by atoms with Crippen LogP contribution in [0.5, 0.6) is 0 Å². The number of thiazole rings is 1. The number of hydrogen-bond donors (Lipinski definition) is 2. The minimum absolute atomic E-state index is 0.606. The van der Waals surface area contributed by atoms with Gasteiger partial charge in [-0.05, 0) is 24.3 Å². The van der Waals surface area contributed by atoms with E-state index in [9.17, 15) is 0 Å². The number of nitrogens with one attached hydrogen (secondary N) is 1. The van der Waals surface area contributed by atoms with Gasteiger partial charge in [-0.3, -0.25) is 0 Å². The molecule has 0 aliphatic rings. The first-order valence-corrected chi connectivity index (χ1v) is 8.04. The minimum atomic E-state index is 0.606. The number of nitrogens with two attached hydrogens (primary N) is 1. The normalized spacial score (nSPS) is 10.9. The van der Waals surface area contributed by atoms with Gasteiger partial charge in [0.15, 0.2) is 4.34 Å². The fraction of sp³-hybridized carbons (Fsp3) is 0.0769. The Morgan fingerprint density at radius 1 is 1.20 bits per heavy atom. The average molecular weight is 323 g/mol. The molecule has 0 aliphatic carbocycles. The second-order valence-electron chi connectivity index (χ2n) is 4.01. The zero-order valence-electron chi connectivity index (χ0n) is 10.3. The molecule has 3 rings (SSSR count). The highest BCUT2D eigenvalue weighted by molar-refractivity contribution is 8.00. The quantitative estimate of drug-likeness (QED) is 0.433. The van der Waals surface area contributed by atoms with Crippen molar-refractivity contribution < 1.29 is 0 Å². The van der Waals surface area contributed by atoms with Crippen molar-refractivity contribution in [2.75, 3.05) is 5.43 Å². The fourth-order valence-electron chi connectivity index (χ4n) is 1.71. The number of para-hydroxylation sites is 1. The summed E-state index contributed by atoms with van der Waals surface area (Å²) in [4.78, 5) is 8.92. The number of halogens is 1. The van der Waals surface area contributed by atoms with E-state index < -0.39 is 0 Å². The van der Waals surface area contributed by atoms with Crippen LogP contribution in [0.15, 0.2) is 40.7 Å². The molecule has 20 heavy (non-hydrogen) atoms. The van der Waals surface area contributed by atoms with Gasteiger partial charge in [0.05, 0.1) is 20.9 Å². The smallest absolute Gasteiger partial charge is 0.151 e. The lowest BCUT2D eigenvalue weighted by atomic mass is 10.3. The van der Waals surface area contributed by atoms with E-state index in [-0.39, 0.29) is 0 Å². The Morgan fingerprint density at radius 3 is 2.85 bits per heavy atom. The zero-order chi connectivity index (χ0) is 13.9. The summed E-state index contributed by atoms with van der Waals surface area (Å²) in [5, 5.41) is 0.637. The maximum Gasteiger partial charge on any atom is 0.151 e. The molecule has 0 spiro atoms. The van der Waals surface area contributed by atoms with Gasteiger partial charge in [0, 0.05) is 5.75 Å². The molecule has 0 fully saturated rings. The van der Waals surface area contributed by atoms with Crippen molar-refractivity contribution in [2.45, 2.75) is 10.1 Å². The van der Waals surface area contributed by atoms with Gasteiger partial charge < -0.3 is 5.43 Å². The van der Waals surface area contributed by atoms with Gasteiger partial charge in [-0.1, -0.05) is 35.5 Å². The van der Waals surface area contributed by atoms with Crippen molar-refractivity contribution in [3.05, 3.63) is 47.1 Å². The summed E-state index contributed by atoms with van der Waals surface area (Å²) in [5.41, 5.74) is 4.34. The lowest BCUT2D eigenvalue weighted by Gasteiger charge is -2.04. The highest BCUT2D eigenvalue weighted by Crippen LogP contribution is 2.32. The molecule has 0 unspecified atom stereocenters. The predicted molar refractivity (Wildman–Crippen MR) is 86.2 cm³/mol. The van der Waals surface area contributed by atoms with Crippen molar-refractivity contribution in [1.29, 1.82) is 0 Å². The fourth-order valence-corrected chi connectivity index (χ4v) is 3.98. The van der Waals surface area contributed by atoms with E-state index in [0.29, 0.717) is 16.6 Å². The van der Waals surface area contributed by atoms with Gasteiger partial charge in [0.25, 0.3) is 0 Å².